The van der Waals surface area contributed by atoms with Gasteiger partial charge in [-0.15, -0.1) is 11.8 Å². The Morgan fingerprint density at radius 3 is 2.69 bits per heavy atom. The summed E-state index contributed by atoms with van der Waals surface area (Å²) in [5.74, 6) is -0.602. The van der Waals surface area contributed by atoms with E-state index in [1.807, 2.05) is 12.3 Å². The summed E-state index contributed by atoms with van der Waals surface area (Å²) in [7, 11) is 0. The van der Waals surface area contributed by atoms with E-state index in [1.165, 1.54) is 23.9 Å². The van der Waals surface area contributed by atoms with Crippen molar-refractivity contribution in [3.63, 3.8) is 0 Å². The first-order chi connectivity index (χ1) is 15.5. The van der Waals surface area contributed by atoms with E-state index >= 15 is 0 Å². The molecule has 2 aromatic carbocycles. The number of carbonyl (C=O) groups excluding carboxylic acids is 2. The lowest BCUT2D eigenvalue weighted by atomic mass is 10.1. The normalized spacial score (nSPS) is 14.0. The fraction of sp³-hybridized carbons (Fsp3) is 0.364. The monoisotopic (exact) mass is 458 g/mol. The number of hydrogen-bond acceptors (Lipinski definition) is 7. The number of nitro benzene ring substituents is 1. The predicted molar refractivity (Wildman–Crippen MR) is 123 cm³/mol. The highest BCUT2D eigenvalue weighted by Gasteiger charge is 2.20. The maximum atomic E-state index is 12.6. The SMILES string of the molecule is CSc1ccc([N+](=O)[O-])c(C(=O)NCc2cccc(NC(=O)CCN3CCOCC3)c2)c1. The Labute approximate surface area is 190 Å². The zero-order valence-corrected chi connectivity index (χ0v) is 18.7. The molecule has 3 rings (SSSR count). The summed E-state index contributed by atoms with van der Waals surface area (Å²) < 4.78 is 5.31. The van der Waals surface area contributed by atoms with Crippen LogP contribution in [0.1, 0.15) is 22.3 Å². The number of hydrogen-bond donors (Lipinski definition) is 2. The number of carbonyl (C=O) groups is 2. The molecule has 10 heteroatoms. The average molecular weight is 459 g/mol. The highest BCUT2D eigenvalue weighted by Crippen LogP contribution is 2.25. The van der Waals surface area contributed by atoms with E-state index in [0.717, 1.165) is 23.5 Å². The number of nitro groups is 1. The van der Waals surface area contributed by atoms with E-state index < -0.39 is 10.8 Å². The van der Waals surface area contributed by atoms with E-state index in [4.69, 9.17) is 4.74 Å². The van der Waals surface area contributed by atoms with Crippen molar-refractivity contribution in [3.8, 4) is 0 Å². The number of thioether (sulfide) groups is 1. The number of nitrogens with zero attached hydrogens (tertiary/aromatic N) is 2. The first-order valence-corrected chi connectivity index (χ1v) is 11.5. The lowest BCUT2D eigenvalue weighted by Crippen LogP contribution is -2.38. The second kappa shape index (κ2) is 11.6. The molecule has 170 valence electrons. The number of morpholine rings is 1. The van der Waals surface area contributed by atoms with Crippen LogP contribution in [0.5, 0.6) is 0 Å². The van der Waals surface area contributed by atoms with Gasteiger partial charge in [-0.1, -0.05) is 12.1 Å². The molecule has 1 fully saturated rings. The number of amides is 2. The van der Waals surface area contributed by atoms with Crippen molar-refractivity contribution in [1.29, 1.82) is 0 Å². The standard InChI is InChI=1S/C22H26N4O5S/c1-32-18-5-6-20(26(29)30)19(14-18)22(28)23-15-16-3-2-4-17(13-16)24-21(27)7-8-25-9-11-31-12-10-25/h2-6,13-14H,7-12,15H2,1H3,(H,23,28)(H,24,27). The van der Waals surface area contributed by atoms with E-state index in [-0.39, 0.29) is 23.7 Å². The molecule has 1 heterocycles. The smallest absolute Gasteiger partial charge is 0.282 e. The number of rotatable bonds is 9. The van der Waals surface area contributed by atoms with Gasteiger partial charge in [-0.05, 0) is 36.1 Å². The summed E-state index contributed by atoms with van der Waals surface area (Å²) in [4.78, 5) is 38.5. The minimum absolute atomic E-state index is 0.0226. The van der Waals surface area contributed by atoms with Crippen LogP contribution >= 0.6 is 11.8 Å². The molecule has 2 amide bonds. The van der Waals surface area contributed by atoms with Crippen molar-refractivity contribution >= 4 is 35.0 Å². The van der Waals surface area contributed by atoms with Crippen LogP contribution in [0, 0.1) is 10.1 Å². The fourth-order valence-electron chi connectivity index (χ4n) is 3.33. The number of nitrogens with one attached hydrogen (secondary N) is 2. The molecule has 9 nitrogen and oxygen atoms in total. The quantitative estimate of drug-likeness (QED) is 0.337. The van der Waals surface area contributed by atoms with Crippen molar-refractivity contribution in [1.82, 2.24) is 10.2 Å². The van der Waals surface area contributed by atoms with Gasteiger partial charge in [0.05, 0.1) is 18.1 Å². The molecular formula is C22H26N4O5S. The van der Waals surface area contributed by atoms with E-state index in [2.05, 4.69) is 15.5 Å². The number of benzene rings is 2. The highest BCUT2D eigenvalue weighted by molar-refractivity contribution is 7.98. The summed E-state index contributed by atoms with van der Waals surface area (Å²) in [6, 6.07) is 11.6. The van der Waals surface area contributed by atoms with Crippen LogP contribution in [0.25, 0.3) is 0 Å². The minimum atomic E-state index is -0.563. The zero-order valence-electron chi connectivity index (χ0n) is 17.8. The third-order valence-corrected chi connectivity index (χ3v) is 5.79. The molecule has 0 saturated carbocycles. The third-order valence-electron chi connectivity index (χ3n) is 5.07. The molecule has 0 bridgehead atoms. The summed E-state index contributed by atoms with van der Waals surface area (Å²) >= 11 is 1.40. The molecule has 1 aliphatic rings. The molecule has 32 heavy (non-hydrogen) atoms. The maximum absolute atomic E-state index is 12.6. The molecule has 0 radical (unpaired) electrons. The number of ether oxygens (including phenoxy) is 1. The van der Waals surface area contributed by atoms with Crippen LogP contribution in [0.15, 0.2) is 47.4 Å². The third kappa shape index (κ3) is 6.78. The van der Waals surface area contributed by atoms with Gasteiger partial charge >= 0.3 is 0 Å². The molecule has 2 aromatic rings. The summed E-state index contributed by atoms with van der Waals surface area (Å²) in [5.41, 5.74) is 1.20. The molecule has 1 saturated heterocycles. The van der Waals surface area contributed by atoms with Crippen LogP contribution in [0.4, 0.5) is 11.4 Å². The zero-order chi connectivity index (χ0) is 22.9. The van der Waals surface area contributed by atoms with Crippen molar-refractivity contribution < 1.29 is 19.2 Å². The Hall–Kier alpha value is -2.95. The molecule has 0 aromatic heterocycles. The molecule has 0 atom stereocenters. The molecule has 0 spiro atoms. The topological polar surface area (TPSA) is 114 Å². The van der Waals surface area contributed by atoms with E-state index in [9.17, 15) is 19.7 Å². The van der Waals surface area contributed by atoms with Gasteiger partial charge in [0.2, 0.25) is 5.91 Å². The van der Waals surface area contributed by atoms with Crippen LogP contribution in [-0.2, 0) is 16.1 Å². The molecule has 1 aliphatic heterocycles. The first-order valence-electron chi connectivity index (χ1n) is 10.3. The largest absolute Gasteiger partial charge is 0.379 e. The lowest BCUT2D eigenvalue weighted by Gasteiger charge is -2.26. The van der Waals surface area contributed by atoms with Crippen LogP contribution in [-0.4, -0.2) is 60.7 Å². The average Bonchev–Trinajstić information content (AvgIpc) is 2.81. The van der Waals surface area contributed by atoms with Crippen LogP contribution < -0.4 is 10.6 Å². The van der Waals surface area contributed by atoms with Crippen molar-refractivity contribution in [2.45, 2.75) is 17.9 Å². The molecule has 0 aliphatic carbocycles. The maximum Gasteiger partial charge on any atom is 0.282 e. The molecule has 2 N–H and O–H groups in total. The lowest BCUT2D eigenvalue weighted by molar-refractivity contribution is -0.385. The van der Waals surface area contributed by atoms with Gasteiger partial charge in [0.25, 0.3) is 11.6 Å². The molecule has 0 unspecified atom stereocenters. The Bertz CT molecular complexity index is 979. The van der Waals surface area contributed by atoms with Gasteiger partial charge < -0.3 is 15.4 Å². The first kappa shape index (κ1) is 23.7. The Morgan fingerprint density at radius 1 is 1.19 bits per heavy atom. The van der Waals surface area contributed by atoms with Gasteiger partial charge in [-0.3, -0.25) is 24.6 Å². The van der Waals surface area contributed by atoms with Crippen molar-refractivity contribution in [3.05, 3.63) is 63.7 Å². The van der Waals surface area contributed by atoms with Crippen molar-refractivity contribution in [2.75, 3.05) is 44.4 Å². The minimum Gasteiger partial charge on any atom is -0.379 e. The Morgan fingerprint density at radius 2 is 1.97 bits per heavy atom. The molecular weight excluding hydrogens is 432 g/mol. The van der Waals surface area contributed by atoms with E-state index in [1.54, 1.807) is 24.3 Å². The van der Waals surface area contributed by atoms with E-state index in [0.29, 0.717) is 31.9 Å². The summed E-state index contributed by atoms with van der Waals surface area (Å²) in [6.45, 7) is 3.91. The predicted octanol–water partition coefficient (Wildman–Crippen LogP) is 2.91. The van der Waals surface area contributed by atoms with Gasteiger partial charge in [-0.25, -0.2) is 0 Å². The highest BCUT2D eigenvalue weighted by atomic mass is 32.2. The fourth-order valence-corrected chi connectivity index (χ4v) is 3.77. The summed E-state index contributed by atoms with van der Waals surface area (Å²) in [5, 5.41) is 16.9. The second-order valence-electron chi connectivity index (χ2n) is 7.28. The number of anilines is 1. The van der Waals surface area contributed by atoms with Crippen LogP contribution in [0.2, 0.25) is 0 Å². The van der Waals surface area contributed by atoms with Crippen LogP contribution in [0.3, 0.4) is 0 Å². The van der Waals surface area contributed by atoms with Gasteiger partial charge in [0.1, 0.15) is 5.56 Å². The van der Waals surface area contributed by atoms with Gasteiger partial charge in [0, 0.05) is 49.2 Å². The van der Waals surface area contributed by atoms with Gasteiger partial charge in [0.15, 0.2) is 0 Å². The second-order valence-corrected chi connectivity index (χ2v) is 8.16. The van der Waals surface area contributed by atoms with Crippen molar-refractivity contribution in [2.24, 2.45) is 0 Å². The van der Waals surface area contributed by atoms with Gasteiger partial charge in [-0.2, -0.15) is 0 Å². The summed E-state index contributed by atoms with van der Waals surface area (Å²) in [6.07, 6.45) is 2.22. The Kier molecular flexibility index (Phi) is 8.60. The Balaban J connectivity index is 1.56.